The van der Waals surface area contributed by atoms with E-state index in [1.54, 1.807) is 0 Å². The highest BCUT2D eigenvalue weighted by atomic mass is 32.2. The van der Waals surface area contributed by atoms with Crippen LogP contribution in [-0.4, -0.2) is 36.1 Å². The molecule has 1 unspecified atom stereocenters. The molecule has 9 heteroatoms. The maximum Gasteiger partial charge on any atom is 0.271 e. The lowest BCUT2D eigenvalue weighted by Crippen LogP contribution is -2.41. The van der Waals surface area contributed by atoms with Crippen molar-refractivity contribution in [2.24, 2.45) is 0 Å². The van der Waals surface area contributed by atoms with Crippen LogP contribution in [0.3, 0.4) is 0 Å². The molecule has 1 aliphatic rings. The summed E-state index contributed by atoms with van der Waals surface area (Å²) >= 11 is 0. The molecule has 2 aromatic carbocycles. The SMILES string of the molecule is CC1CCCCN1S(=O)(=O)c1cccc(C(=O)Nc2cccc([N+](=O)[O-])c2)c1. The second-order valence-electron chi connectivity index (χ2n) is 6.75. The van der Waals surface area contributed by atoms with Gasteiger partial charge in [-0.1, -0.05) is 18.6 Å². The van der Waals surface area contributed by atoms with Gasteiger partial charge in [-0.05, 0) is 44.0 Å². The van der Waals surface area contributed by atoms with Crippen molar-refractivity contribution in [2.75, 3.05) is 11.9 Å². The minimum Gasteiger partial charge on any atom is -0.322 e. The molecule has 1 saturated heterocycles. The highest BCUT2D eigenvalue weighted by Crippen LogP contribution is 2.26. The molecule has 148 valence electrons. The number of benzene rings is 2. The van der Waals surface area contributed by atoms with Gasteiger partial charge in [-0.25, -0.2) is 8.42 Å². The summed E-state index contributed by atoms with van der Waals surface area (Å²) in [6, 6.07) is 11.3. The van der Waals surface area contributed by atoms with Gasteiger partial charge in [-0.3, -0.25) is 14.9 Å². The number of rotatable bonds is 5. The molecule has 0 saturated carbocycles. The van der Waals surface area contributed by atoms with Crippen molar-refractivity contribution in [2.45, 2.75) is 37.1 Å². The van der Waals surface area contributed by atoms with Crippen LogP contribution in [0.2, 0.25) is 0 Å². The molecule has 1 amide bonds. The van der Waals surface area contributed by atoms with Crippen molar-refractivity contribution < 1.29 is 18.1 Å². The summed E-state index contributed by atoms with van der Waals surface area (Å²) in [7, 11) is -3.69. The average molecular weight is 403 g/mol. The van der Waals surface area contributed by atoms with Crippen LogP contribution in [-0.2, 0) is 10.0 Å². The Morgan fingerprint density at radius 1 is 1.18 bits per heavy atom. The lowest BCUT2D eigenvalue weighted by molar-refractivity contribution is -0.384. The van der Waals surface area contributed by atoms with Gasteiger partial charge in [0, 0.05) is 36.0 Å². The third-order valence-corrected chi connectivity index (χ3v) is 6.77. The molecule has 0 bridgehead atoms. The van der Waals surface area contributed by atoms with Crippen LogP contribution in [0.4, 0.5) is 11.4 Å². The molecule has 2 aromatic rings. The number of nitrogens with zero attached hydrogens (tertiary/aromatic N) is 2. The van der Waals surface area contributed by atoms with Crippen molar-refractivity contribution in [3.05, 3.63) is 64.2 Å². The number of piperidine rings is 1. The van der Waals surface area contributed by atoms with E-state index in [1.807, 2.05) is 6.92 Å². The van der Waals surface area contributed by atoms with E-state index in [9.17, 15) is 23.3 Å². The van der Waals surface area contributed by atoms with E-state index in [-0.39, 0.29) is 27.9 Å². The number of nitro groups is 1. The quantitative estimate of drug-likeness (QED) is 0.608. The van der Waals surface area contributed by atoms with Crippen molar-refractivity contribution >= 4 is 27.3 Å². The molecular weight excluding hydrogens is 382 g/mol. The van der Waals surface area contributed by atoms with Gasteiger partial charge in [0.1, 0.15) is 0 Å². The Balaban J connectivity index is 1.83. The number of hydrogen-bond acceptors (Lipinski definition) is 5. The van der Waals surface area contributed by atoms with E-state index < -0.39 is 20.9 Å². The number of carbonyl (C=O) groups is 1. The number of non-ortho nitro benzene ring substituents is 1. The number of amides is 1. The van der Waals surface area contributed by atoms with Crippen LogP contribution >= 0.6 is 0 Å². The summed E-state index contributed by atoms with van der Waals surface area (Å²) in [6.45, 7) is 2.35. The molecule has 0 aliphatic carbocycles. The number of nitro benzene ring substituents is 1. The molecule has 28 heavy (non-hydrogen) atoms. The van der Waals surface area contributed by atoms with E-state index >= 15 is 0 Å². The highest BCUT2D eigenvalue weighted by Gasteiger charge is 2.31. The Hall–Kier alpha value is -2.78. The fraction of sp³-hybridized carbons (Fsp3) is 0.316. The molecule has 3 rings (SSSR count). The summed E-state index contributed by atoms with van der Waals surface area (Å²) in [4.78, 5) is 22.9. The van der Waals surface area contributed by atoms with Crippen molar-refractivity contribution in [1.29, 1.82) is 0 Å². The molecule has 1 fully saturated rings. The second kappa shape index (κ2) is 8.07. The third-order valence-electron chi connectivity index (χ3n) is 4.76. The largest absolute Gasteiger partial charge is 0.322 e. The normalized spacial score (nSPS) is 17.8. The van der Waals surface area contributed by atoms with E-state index in [0.717, 1.165) is 19.3 Å². The molecule has 8 nitrogen and oxygen atoms in total. The first-order valence-electron chi connectivity index (χ1n) is 8.97. The second-order valence-corrected chi connectivity index (χ2v) is 8.64. The molecule has 0 spiro atoms. The number of carbonyl (C=O) groups excluding carboxylic acids is 1. The standard InChI is InChI=1S/C19H21N3O5S/c1-14-6-2-3-11-21(14)28(26,27)18-10-4-7-15(12-18)19(23)20-16-8-5-9-17(13-16)22(24)25/h4-5,7-10,12-14H,2-3,6,11H2,1H3,(H,20,23). The van der Waals surface area contributed by atoms with E-state index in [1.165, 1.54) is 52.8 Å². The van der Waals surface area contributed by atoms with Gasteiger partial charge >= 0.3 is 0 Å². The van der Waals surface area contributed by atoms with Crippen molar-refractivity contribution in [3.8, 4) is 0 Å². The third kappa shape index (κ3) is 4.20. The zero-order valence-electron chi connectivity index (χ0n) is 15.4. The fourth-order valence-corrected chi connectivity index (χ4v) is 5.01. The van der Waals surface area contributed by atoms with Gasteiger partial charge in [0.25, 0.3) is 11.6 Å². The molecular formula is C19H21N3O5S. The maximum atomic E-state index is 13.0. The molecule has 1 heterocycles. The van der Waals surface area contributed by atoms with E-state index in [0.29, 0.717) is 6.54 Å². The summed E-state index contributed by atoms with van der Waals surface area (Å²) in [5.74, 6) is -0.538. The smallest absolute Gasteiger partial charge is 0.271 e. The van der Waals surface area contributed by atoms with Gasteiger partial charge in [0.15, 0.2) is 0 Å². The predicted molar refractivity (Wildman–Crippen MR) is 105 cm³/mol. The topological polar surface area (TPSA) is 110 Å². The van der Waals surface area contributed by atoms with Crippen LogP contribution in [0, 0.1) is 10.1 Å². The van der Waals surface area contributed by atoms with Gasteiger partial charge in [0.05, 0.1) is 9.82 Å². The number of sulfonamides is 1. The fourth-order valence-electron chi connectivity index (χ4n) is 3.26. The number of nitrogens with one attached hydrogen (secondary N) is 1. The first-order valence-corrected chi connectivity index (χ1v) is 10.4. The van der Waals surface area contributed by atoms with Crippen LogP contribution < -0.4 is 5.32 Å². The lowest BCUT2D eigenvalue weighted by Gasteiger charge is -2.32. The zero-order valence-corrected chi connectivity index (χ0v) is 16.2. The first kappa shape index (κ1) is 20.0. The Labute approximate surface area is 163 Å². The molecule has 1 N–H and O–H groups in total. The summed E-state index contributed by atoms with van der Waals surface area (Å²) in [5, 5.41) is 13.4. The molecule has 0 aromatic heterocycles. The molecule has 1 atom stereocenters. The van der Waals surface area contributed by atoms with Gasteiger partial charge in [-0.15, -0.1) is 0 Å². The van der Waals surface area contributed by atoms with Crippen molar-refractivity contribution in [3.63, 3.8) is 0 Å². The first-order chi connectivity index (χ1) is 13.3. The van der Waals surface area contributed by atoms with Crippen molar-refractivity contribution in [1.82, 2.24) is 4.31 Å². The van der Waals surface area contributed by atoms with Gasteiger partial charge in [-0.2, -0.15) is 4.31 Å². The maximum absolute atomic E-state index is 13.0. The van der Waals surface area contributed by atoms with Crippen LogP contribution in [0.15, 0.2) is 53.4 Å². The minimum absolute atomic E-state index is 0.0629. The zero-order chi connectivity index (χ0) is 20.3. The monoisotopic (exact) mass is 403 g/mol. The van der Waals surface area contributed by atoms with Crippen LogP contribution in [0.1, 0.15) is 36.5 Å². The average Bonchev–Trinajstić information content (AvgIpc) is 2.68. The number of hydrogen-bond donors (Lipinski definition) is 1. The summed E-state index contributed by atoms with van der Waals surface area (Å²) in [6.07, 6.45) is 2.63. The van der Waals surface area contributed by atoms with Gasteiger partial charge in [0.2, 0.25) is 10.0 Å². The molecule has 1 aliphatic heterocycles. The van der Waals surface area contributed by atoms with Crippen LogP contribution in [0.5, 0.6) is 0 Å². The van der Waals surface area contributed by atoms with Crippen LogP contribution in [0.25, 0.3) is 0 Å². The highest BCUT2D eigenvalue weighted by molar-refractivity contribution is 7.89. The Bertz CT molecular complexity index is 1010. The Kier molecular flexibility index (Phi) is 5.76. The Morgan fingerprint density at radius 2 is 1.93 bits per heavy atom. The Morgan fingerprint density at radius 3 is 2.64 bits per heavy atom. The van der Waals surface area contributed by atoms with E-state index in [4.69, 9.17) is 0 Å². The minimum atomic E-state index is -3.69. The molecule has 0 radical (unpaired) electrons. The summed E-state index contributed by atoms with van der Waals surface area (Å²) in [5.41, 5.74) is 0.280. The van der Waals surface area contributed by atoms with Gasteiger partial charge < -0.3 is 5.32 Å². The predicted octanol–water partition coefficient (Wildman–Crippen LogP) is 3.41. The van der Waals surface area contributed by atoms with E-state index in [2.05, 4.69) is 5.32 Å². The lowest BCUT2D eigenvalue weighted by atomic mass is 10.1. The summed E-state index contributed by atoms with van der Waals surface area (Å²) < 4.78 is 27.4. The number of anilines is 1.